The molecule has 1 saturated carbocycles. The van der Waals surface area contributed by atoms with E-state index in [1.54, 1.807) is 0 Å². The van der Waals surface area contributed by atoms with Crippen LogP contribution in [0, 0.1) is 6.92 Å². The third kappa shape index (κ3) is 6.27. The molecule has 4 amide bonds. The van der Waals surface area contributed by atoms with Crippen molar-refractivity contribution < 1.29 is 14.4 Å². The maximum absolute atomic E-state index is 12.5. The number of nitrogens with zero attached hydrogens (tertiary/aromatic N) is 1. The van der Waals surface area contributed by atoms with Crippen molar-refractivity contribution in [3.05, 3.63) is 21.9 Å². The Morgan fingerprint density at radius 3 is 2.28 bits per heavy atom. The first-order valence-corrected chi connectivity index (χ1v) is 11.5. The second-order valence-corrected chi connectivity index (χ2v) is 9.46. The first kappa shape index (κ1) is 21.8. The van der Waals surface area contributed by atoms with Gasteiger partial charge in [-0.05, 0) is 51.7 Å². The van der Waals surface area contributed by atoms with E-state index in [1.807, 2.05) is 26.0 Å². The summed E-state index contributed by atoms with van der Waals surface area (Å²) in [7, 11) is 0. The van der Waals surface area contributed by atoms with Crippen LogP contribution in [-0.4, -0.2) is 54.0 Å². The van der Waals surface area contributed by atoms with E-state index >= 15 is 0 Å². The van der Waals surface area contributed by atoms with Crippen molar-refractivity contribution in [2.75, 3.05) is 13.1 Å². The number of nitrogens with one attached hydrogen (secondary N) is 3. The number of rotatable bonds is 5. The molecule has 0 aromatic carbocycles. The van der Waals surface area contributed by atoms with Crippen LogP contribution in [0.15, 0.2) is 12.1 Å². The zero-order chi connectivity index (χ0) is 20.8. The largest absolute Gasteiger partial charge is 0.349 e. The number of aryl methyl sites for hydroxylation is 1. The van der Waals surface area contributed by atoms with Gasteiger partial charge in [-0.2, -0.15) is 0 Å². The summed E-state index contributed by atoms with van der Waals surface area (Å²) in [6, 6.07) is 3.34. The monoisotopic (exact) mass is 420 g/mol. The minimum atomic E-state index is -0.387. The molecule has 160 valence electrons. The summed E-state index contributed by atoms with van der Waals surface area (Å²) in [6.45, 7) is 5.25. The number of thiophene rings is 1. The standard InChI is InChI=1S/C21H32N4O3S/c1-14-8-9-18(29-14)20(27)22-17-10-12-25(13-11-17)15(2)19(26)24-21(28)23-16-6-4-3-5-7-16/h8-9,15-17H,3-7,10-13H2,1-2H3,(H,22,27)(H2,23,24,26,28). The smallest absolute Gasteiger partial charge is 0.321 e. The fourth-order valence-electron chi connectivity index (χ4n) is 4.09. The molecule has 1 aliphatic heterocycles. The third-order valence-corrected chi connectivity index (χ3v) is 6.93. The molecule has 7 nitrogen and oxygen atoms in total. The second kappa shape index (κ2) is 10.2. The summed E-state index contributed by atoms with van der Waals surface area (Å²) >= 11 is 1.50. The molecule has 2 heterocycles. The minimum Gasteiger partial charge on any atom is -0.349 e. The number of imide groups is 1. The summed E-state index contributed by atoms with van der Waals surface area (Å²) < 4.78 is 0. The van der Waals surface area contributed by atoms with Gasteiger partial charge in [-0.15, -0.1) is 11.3 Å². The van der Waals surface area contributed by atoms with Gasteiger partial charge in [0.1, 0.15) is 0 Å². The molecule has 1 aromatic heterocycles. The highest BCUT2D eigenvalue weighted by Crippen LogP contribution is 2.18. The number of piperidine rings is 1. The minimum absolute atomic E-state index is 0.0216. The van der Waals surface area contributed by atoms with E-state index in [2.05, 4.69) is 20.9 Å². The third-order valence-electron chi connectivity index (χ3n) is 5.93. The first-order valence-electron chi connectivity index (χ1n) is 10.6. The Kier molecular flexibility index (Phi) is 7.66. The van der Waals surface area contributed by atoms with E-state index in [9.17, 15) is 14.4 Å². The van der Waals surface area contributed by atoms with Crippen molar-refractivity contribution in [1.29, 1.82) is 0 Å². The van der Waals surface area contributed by atoms with E-state index in [4.69, 9.17) is 0 Å². The van der Waals surface area contributed by atoms with Crippen molar-refractivity contribution in [2.24, 2.45) is 0 Å². The molecule has 3 rings (SSSR count). The molecule has 3 N–H and O–H groups in total. The summed E-state index contributed by atoms with van der Waals surface area (Å²) in [5, 5.41) is 8.51. The van der Waals surface area contributed by atoms with Crippen molar-refractivity contribution in [3.63, 3.8) is 0 Å². The van der Waals surface area contributed by atoms with Crippen molar-refractivity contribution in [2.45, 2.75) is 76.9 Å². The van der Waals surface area contributed by atoms with Gasteiger partial charge in [-0.3, -0.25) is 19.8 Å². The van der Waals surface area contributed by atoms with Gasteiger partial charge in [0.25, 0.3) is 5.91 Å². The lowest BCUT2D eigenvalue weighted by molar-refractivity contribution is -0.125. The maximum atomic E-state index is 12.5. The van der Waals surface area contributed by atoms with Crippen LogP contribution in [0.25, 0.3) is 0 Å². The Bertz CT molecular complexity index is 721. The van der Waals surface area contributed by atoms with Gasteiger partial charge in [0, 0.05) is 30.1 Å². The highest BCUT2D eigenvalue weighted by Gasteiger charge is 2.28. The molecule has 2 aliphatic rings. The van der Waals surface area contributed by atoms with E-state index in [1.165, 1.54) is 17.8 Å². The van der Waals surface area contributed by atoms with E-state index in [0.29, 0.717) is 13.1 Å². The van der Waals surface area contributed by atoms with Crippen LogP contribution in [0.1, 0.15) is 66.4 Å². The molecular weight excluding hydrogens is 388 g/mol. The average molecular weight is 421 g/mol. The molecule has 1 aromatic rings. The fraction of sp³-hybridized carbons (Fsp3) is 0.667. The van der Waals surface area contributed by atoms with Gasteiger partial charge in [0.15, 0.2) is 0 Å². The Morgan fingerprint density at radius 2 is 1.66 bits per heavy atom. The topological polar surface area (TPSA) is 90.5 Å². The van der Waals surface area contributed by atoms with E-state index in [-0.39, 0.29) is 36.0 Å². The Morgan fingerprint density at radius 1 is 1.00 bits per heavy atom. The molecule has 8 heteroatoms. The van der Waals surface area contributed by atoms with Gasteiger partial charge in [0.05, 0.1) is 10.9 Å². The predicted octanol–water partition coefficient (Wildman–Crippen LogP) is 2.80. The molecular formula is C21H32N4O3S. The van der Waals surface area contributed by atoms with Crippen molar-refractivity contribution in [1.82, 2.24) is 20.9 Å². The van der Waals surface area contributed by atoms with Crippen LogP contribution in [0.4, 0.5) is 4.79 Å². The SMILES string of the molecule is Cc1ccc(C(=O)NC2CCN(C(C)C(=O)NC(=O)NC3CCCCC3)CC2)s1. The van der Waals surface area contributed by atoms with Gasteiger partial charge >= 0.3 is 6.03 Å². The normalized spacial score (nSPS) is 20.1. The van der Waals surface area contributed by atoms with Gasteiger partial charge < -0.3 is 10.6 Å². The lowest BCUT2D eigenvalue weighted by Crippen LogP contribution is -2.54. The number of carbonyl (C=O) groups excluding carboxylic acids is 3. The van der Waals surface area contributed by atoms with Gasteiger partial charge in [-0.25, -0.2) is 4.79 Å². The van der Waals surface area contributed by atoms with Crippen LogP contribution >= 0.6 is 11.3 Å². The maximum Gasteiger partial charge on any atom is 0.321 e. The number of hydrogen-bond acceptors (Lipinski definition) is 5. The van der Waals surface area contributed by atoms with Crippen LogP contribution in [-0.2, 0) is 4.79 Å². The summed E-state index contributed by atoms with van der Waals surface area (Å²) in [5.41, 5.74) is 0. The second-order valence-electron chi connectivity index (χ2n) is 8.17. The van der Waals surface area contributed by atoms with Crippen LogP contribution < -0.4 is 16.0 Å². The molecule has 1 aliphatic carbocycles. The molecule has 1 saturated heterocycles. The molecule has 0 radical (unpaired) electrons. The lowest BCUT2D eigenvalue weighted by atomic mass is 9.96. The predicted molar refractivity (Wildman–Crippen MR) is 114 cm³/mol. The van der Waals surface area contributed by atoms with Crippen LogP contribution in [0.3, 0.4) is 0 Å². The van der Waals surface area contributed by atoms with Gasteiger partial charge in [0.2, 0.25) is 5.91 Å². The number of hydrogen-bond donors (Lipinski definition) is 3. The average Bonchev–Trinajstić information content (AvgIpc) is 3.15. The number of carbonyl (C=O) groups is 3. The van der Waals surface area contributed by atoms with Crippen molar-refractivity contribution >= 4 is 29.2 Å². The highest BCUT2D eigenvalue weighted by molar-refractivity contribution is 7.13. The van der Waals surface area contributed by atoms with Crippen LogP contribution in [0.2, 0.25) is 0 Å². The summed E-state index contributed by atoms with van der Waals surface area (Å²) in [4.78, 5) is 40.8. The Balaban J connectivity index is 1.39. The highest BCUT2D eigenvalue weighted by atomic mass is 32.1. The number of urea groups is 1. The van der Waals surface area contributed by atoms with E-state index in [0.717, 1.165) is 48.3 Å². The Labute approximate surface area is 176 Å². The molecule has 1 unspecified atom stereocenters. The zero-order valence-corrected chi connectivity index (χ0v) is 18.1. The molecule has 29 heavy (non-hydrogen) atoms. The molecule has 2 fully saturated rings. The quantitative estimate of drug-likeness (QED) is 0.683. The van der Waals surface area contributed by atoms with Crippen LogP contribution in [0.5, 0.6) is 0 Å². The lowest BCUT2D eigenvalue weighted by Gasteiger charge is -2.35. The zero-order valence-electron chi connectivity index (χ0n) is 17.3. The number of likely N-dealkylation sites (tertiary alicyclic amines) is 1. The number of amides is 4. The molecule has 0 bridgehead atoms. The summed E-state index contributed by atoms with van der Waals surface area (Å²) in [6.07, 6.45) is 7.05. The van der Waals surface area contributed by atoms with E-state index < -0.39 is 0 Å². The fourth-order valence-corrected chi connectivity index (χ4v) is 4.87. The van der Waals surface area contributed by atoms with Gasteiger partial charge in [-0.1, -0.05) is 19.3 Å². The first-order chi connectivity index (χ1) is 13.9. The molecule has 1 atom stereocenters. The molecule has 0 spiro atoms. The summed E-state index contributed by atoms with van der Waals surface area (Å²) in [5.74, 6) is -0.290. The van der Waals surface area contributed by atoms with Crippen molar-refractivity contribution in [3.8, 4) is 0 Å². The Hall–Kier alpha value is -1.93.